The zero-order chi connectivity index (χ0) is 19.4. The number of sulfonamides is 1. The molecule has 0 amide bonds. The molecule has 0 aliphatic carbocycles. The Morgan fingerprint density at radius 3 is 2.33 bits per heavy atom. The van der Waals surface area contributed by atoms with E-state index in [1.165, 1.54) is 6.20 Å². The lowest BCUT2D eigenvalue weighted by Crippen LogP contribution is -2.15. The van der Waals surface area contributed by atoms with E-state index in [9.17, 15) is 8.42 Å². The second kappa shape index (κ2) is 8.11. The van der Waals surface area contributed by atoms with E-state index in [0.29, 0.717) is 17.4 Å². The Morgan fingerprint density at radius 1 is 1.04 bits per heavy atom. The molecule has 0 aliphatic heterocycles. The summed E-state index contributed by atoms with van der Waals surface area (Å²) in [6.07, 6.45) is 1.97. The van der Waals surface area contributed by atoms with Crippen molar-refractivity contribution in [3.05, 3.63) is 88.6 Å². The van der Waals surface area contributed by atoms with Gasteiger partial charge >= 0.3 is 0 Å². The van der Waals surface area contributed by atoms with Gasteiger partial charge in [-0.15, -0.1) is 0 Å². The Balaban J connectivity index is 1.90. The minimum Gasteiger partial charge on any atom is -0.263 e. The Kier molecular flexibility index (Phi) is 5.82. The number of nitrogens with one attached hydrogen (secondary N) is 1. The molecule has 0 saturated carbocycles. The minimum absolute atomic E-state index is 0.203. The SMILES string of the molecule is CC(C)c1ccc(S(=O)(=O)Nc2ncc(Cl)cc2Cc2ccccc2)cc1. The van der Waals surface area contributed by atoms with E-state index in [-0.39, 0.29) is 10.7 Å². The number of benzene rings is 2. The third-order valence-corrected chi connectivity index (χ3v) is 5.82. The molecule has 0 atom stereocenters. The van der Waals surface area contributed by atoms with Crippen LogP contribution in [0.4, 0.5) is 5.82 Å². The number of halogens is 1. The van der Waals surface area contributed by atoms with Crippen molar-refractivity contribution in [3.8, 4) is 0 Å². The second-order valence-electron chi connectivity index (χ2n) is 6.65. The minimum atomic E-state index is -3.74. The van der Waals surface area contributed by atoms with E-state index in [1.807, 2.05) is 42.5 Å². The fourth-order valence-electron chi connectivity index (χ4n) is 2.74. The van der Waals surface area contributed by atoms with Crippen molar-refractivity contribution in [1.82, 2.24) is 4.98 Å². The number of hydrogen-bond donors (Lipinski definition) is 1. The van der Waals surface area contributed by atoms with Gasteiger partial charge in [-0.3, -0.25) is 4.72 Å². The van der Waals surface area contributed by atoms with Crippen LogP contribution in [0.2, 0.25) is 5.02 Å². The van der Waals surface area contributed by atoms with Crippen LogP contribution >= 0.6 is 11.6 Å². The van der Waals surface area contributed by atoms with Crippen LogP contribution in [0, 0.1) is 0 Å². The van der Waals surface area contributed by atoms with Gasteiger partial charge in [-0.1, -0.05) is 67.9 Å². The van der Waals surface area contributed by atoms with Gasteiger partial charge in [0.2, 0.25) is 0 Å². The molecule has 0 radical (unpaired) electrons. The zero-order valence-corrected chi connectivity index (χ0v) is 16.8. The first-order chi connectivity index (χ1) is 12.8. The van der Waals surface area contributed by atoms with E-state index in [1.54, 1.807) is 18.2 Å². The molecule has 0 fully saturated rings. The summed E-state index contributed by atoms with van der Waals surface area (Å²) in [5.41, 5.74) is 2.85. The van der Waals surface area contributed by atoms with Crippen LogP contribution in [0.3, 0.4) is 0 Å². The third kappa shape index (κ3) is 4.87. The summed E-state index contributed by atoms with van der Waals surface area (Å²) < 4.78 is 28.2. The van der Waals surface area contributed by atoms with Gasteiger partial charge in [-0.25, -0.2) is 13.4 Å². The summed E-state index contributed by atoms with van der Waals surface area (Å²) in [6, 6.07) is 18.4. The Bertz CT molecular complexity index is 1020. The summed E-state index contributed by atoms with van der Waals surface area (Å²) in [4.78, 5) is 4.41. The number of rotatable bonds is 6. The molecule has 3 aromatic rings. The molecule has 0 spiro atoms. The maximum atomic E-state index is 12.8. The number of pyridine rings is 1. The Hall–Kier alpha value is -2.37. The van der Waals surface area contributed by atoms with Gasteiger partial charge in [0.15, 0.2) is 0 Å². The molecular formula is C21H21ClN2O2S. The molecule has 1 N–H and O–H groups in total. The van der Waals surface area contributed by atoms with Crippen LogP contribution in [0.5, 0.6) is 0 Å². The lowest BCUT2D eigenvalue weighted by atomic mass is 10.0. The average molecular weight is 401 g/mol. The summed E-state index contributed by atoms with van der Waals surface area (Å²) in [7, 11) is -3.74. The molecule has 1 heterocycles. The van der Waals surface area contributed by atoms with E-state index in [4.69, 9.17) is 11.6 Å². The van der Waals surface area contributed by atoms with Crippen LogP contribution in [0.25, 0.3) is 0 Å². The second-order valence-corrected chi connectivity index (χ2v) is 8.77. The fraction of sp³-hybridized carbons (Fsp3) is 0.190. The molecule has 3 rings (SSSR count). The molecule has 140 valence electrons. The van der Waals surface area contributed by atoms with Gasteiger partial charge < -0.3 is 0 Å². The summed E-state index contributed by atoms with van der Waals surface area (Å²) >= 11 is 6.08. The van der Waals surface area contributed by atoms with Crippen molar-refractivity contribution in [3.63, 3.8) is 0 Å². The number of nitrogens with zero attached hydrogens (tertiary/aromatic N) is 1. The Morgan fingerprint density at radius 2 is 1.70 bits per heavy atom. The monoisotopic (exact) mass is 400 g/mol. The van der Waals surface area contributed by atoms with Gasteiger partial charge in [0.05, 0.1) is 9.92 Å². The quantitative estimate of drug-likeness (QED) is 0.614. The van der Waals surface area contributed by atoms with E-state index >= 15 is 0 Å². The van der Waals surface area contributed by atoms with Gasteiger partial charge in [0.1, 0.15) is 5.82 Å². The molecule has 0 bridgehead atoms. The largest absolute Gasteiger partial charge is 0.263 e. The first-order valence-corrected chi connectivity index (χ1v) is 10.5. The zero-order valence-electron chi connectivity index (χ0n) is 15.2. The molecular weight excluding hydrogens is 380 g/mol. The van der Waals surface area contributed by atoms with Crippen LogP contribution in [-0.2, 0) is 16.4 Å². The van der Waals surface area contributed by atoms with Gasteiger partial charge in [-0.2, -0.15) is 0 Å². The average Bonchev–Trinajstić information content (AvgIpc) is 2.65. The summed E-state index contributed by atoms with van der Waals surface area (Å²) in [5.74, 6) is 0.626. The molecule has 1 aromatic heterocycles. The van der Waals surface area contributed by atoms with Crippen LogP contribution < -0.4 is 4.72 Å². The lowest BCUT2D eigenvalue weighted by Gasteiger charge is -2.13. The highest BCUT2D eigenvalue weighted by atomic mass is 35.5. The Labute approximate surface area is 165 Å². The van der Waals surface area contributed by atoms with E-state index in [2.05, 4.69) is 23.6 Å². The van der Waals surface area contributed by atoms with Gasteiger partial charge in [0.25, 0.3) is 10.0 Å². The highest BCUT2D eigenvalue weighted by Crippen LogP contribution is 2.24. The maximum absolute atomic E-state index is 12.8. The van der Waals surface area contributed by atoms with Crippen molar-refractivity contribution in [2.75, 3.05) is 4.72 Å². The van der Waals surface area contributed by atoms with E-state index in [0.717, 1.165) is 16.7 Å². The summed E-state index contributed by atoms with van der Waals surface area (Å²) in [6.45, 7) is 4.13. The highest BCUT2D eigenvalue weighted by molar-refractivity contribution is 7.92. The van der Waals surface area contributed by atoms with Crippen LogP contribution in [-0.4, -0.2) is 13.4 Å². The highest BCUT2D eigenvalue weighted by Gasteiger charge is 2.18. The molecule has 6 heteroatoms. The third-order valence-electron chi connectivity index (χ3n) is 4.26. The molecule has 0 unspecified atom stereocenters. The predicted molar refractivity (Wildman–Crippen MR) is 110 cm³/mol. The predicted octanol–water partition coefficient (Wildman–Crippen LogP) is 5.25. The number of hydrogen-bond acceptors (Lipinski definition) is 3. The first kappa shape index (κ1) is 19.4. The van der Waals surface area contributed by atoms with Crippen molar-refractivity contribution in [1.29, 1.82) is 0 Å². The van der Waals surface area contributed by atoms with E-state index < -0.39 is 10.0 Å². The first-order valence-electron chi connectivity index (χ1n) is 8.66. The normalized spacial score (nSPS) is 11.6. The number of anilines is 1. The fourth-order valence-corrected chi connectivity index (χ4v) is 3.97. The van der Waals surface area contributed by atoms with Crippen LogP contribution in [0.15, 0.2) is 71.8 Å². The standard InChI is InChI=1S/C21H21ClN2O2S/c1-15(2)17-8-10-20(11-9-17)27(25,26)24-21-18(13-19(22)14-23-21)12-16-6-4-3-5-7-16/h3-11,13-15H,12H2,1-2H3,(H,23,24). The topological polar surface area (TPSA) is 59.1 Å². The molecule has 0 saturated heterocycles. The van der Waals surface area contributed by atoms with Crippen molar-refractivity contribution < 1.29 is 8.42 Å². The smallest absolute Gasteiger partial charge is 0.263 e. The van der Waals surface area contributed by atoms with Crippen molar-refractivity contribution in [2.24, 2.45) is 0 Å². The molecule has 0 aliphatic rings. The maximum Gasteiger partial charge on any atom is 0.263 e. The summed E-state index contributed by atoms with van der Waals surface area (Å²) in [5, 5.41) is 0.463. The van der Waals surface area contributed by atoms with Crippen LogP contribution in [0.1, 0.15) is 36.5 Å². The molecule has 4 nitrogen and oxygen atoms in total. The van der Waals surface area contributed by atoms with Gasteiger partial charge in [-0.05, 0) is 35.2 Å². The van der Waals surface area contributed by atoms with Crippen molar-refractivity contribution >= 4 is 27.4 Å². The number of aromatic nitrogens is 1. The molecule has 2 aromatic carbocycles. The van der Waals surface area contributed by atoms with Crippen molar-refractivity contribution in [2.45, 2.75) is 31.1 Å². The molecule has 27 heavy (non-hydrogen) atoms. The lowest BCUT2D eigenvalue weighted by molar-refractivity contribution is 0.601. The van der Waals surface area contributed by atoms with Gasteiger partial charge in [0, 0.05) is 18.2 Å².